The average molecular weight is 395 g/mol. The van der Waals surface area contributed by atoms with Gasteiger partial charge < -0.3 is 15.5 Å². The van der Waals surface area contributed by atoms with Gasteiger partial charge in [0.1, 0.15) is 0 Å². The van der Waals surface area contributed by atoms with Gasteiger partial charge in [-0.25, -0.2) is 0 Å². The van der Waals surface area contributed by atoms with E-state index in [0.29, 0.717) is 18.2 Å². The van der Waals surface area contributed by atoms with Gasteiger partial charge in [0.2, 0.25) is 0 Å². The minimum Gasteiger partial charge on any atom is -0.369 e. The molecule has 0 aliphatic carbocycles. The van der Waals surface area contributed by atoms with Gasteiger partial charge in [-0.3, -0.25) is 14.5 Å². The van der Waals surface area contributed by atoms with Crippen LogP contribution in [0.15, 0.2) is 54.6 Å². The molecule has 6 nitrogen and oxygen atoms in total. The van der Waals surface area contributed by atoms with Crippen molar-refractivity contribution in [2.75, 3.05) is 49.5 Å². The molecule has 1 fully saturated rings. The van der Waals surface area contributed by atoms with Crippen LogP contribution in [0, 0.1) is 0 Å². The summed E-state index contributed by atoms with van der Waals surface area (Å²) in [5.74, 6) is -0.797. The van der Waals surface area contributed by atoms with Crippen LogP contribution in [-0.4, -0.2) is 56.0 Å². The van der Waals surface area contributed by atoms with Gasteiger partial charge in [-0.2, -0.15) is 0 Å². The number of para-hydroxylation sites is 1. The number of anilines is 2. The van der Waals surface area contributed by atoms with E-state index in [-0.39, 0.29) is 0 Å². The lowest BCUT2D eigenvalue weighted by Gasteiger charge is -2.36. The molecule has 0 bridgehead atoms. The second-order valence-electron chi connectivity index (χ2n) is 7.65. The standard InChI is InChI=1S/C23H30N4O2/c1-18(2)19-8-10-20(11-9-19)25-23(29)22(28)24-12-13-26-14-16-27(17-15-26)21-6-4-3-5-7-21/h3-11,18H,12-17H2,1-2H3,(H,24,28)(H,25,29). The molecule has 2 amide bonds. The highest BCUT2D eigenvalue weighted by Gasteiger charge is 2.18. The number of nitrogens with one attached hydrogen (secondary N) is 2. The van der Waals surface area contributed by atoms with Gasteiger partial charge in [0, 0.05) is 50.6 Å². The summed E-state index contributed by atoms with van der Waals surface area (Å²) in [4.78, 5) is 28.8. The van der Waals surface area contributed by atoms with Crippen molar-refractivity contribution in [1.29, 1.82) is 0 Å². The summed E-state index contributed by atoms with van der Waals surface area (Å²) < 4.78 is 0. The van der Waals surface area contributed by atoms with E-state index in [9.17, 15) is 9.59 Å². The van der Waals surface area contributed by atoms with Gasteiger partial charge in [0.25, 0.3) is 0 Å². The van der Waals surface area contributed by atoms with E-state index in [2.05, 4.69) is 58.5 Å². The van der Waals surface area contributed by atoms with Gasteiger partial charge in [0.15, 0.2) is 0 Å². The van der Waals surface area contributed by atoms with Crippen molar-refractivity contribution in [3.05, 3.63) is 60.2 Å². The Labute approximate surface area is 172 Å². The summed E-state index contributed by atoms with van der Waals surface area (Å²) in [6.07, 6.45) is 0. The zero-order valence-electron chi connectivity index (χ0n) is 17.2. The third-order valence-corrected chi connectivity index (χ3v) is 5.25. The lowest BCUT2D eigenvalue weighted by molar-refractivity contribution is -0.136. The van der Waals surface area contributed by atoms with Crippen LogP contribution in [0.5, 0.6) is 0 Å². The Morgan fingerprint density at radius 3 is 2.17 bits per heavy atom. The minimum atomic E-state index is -0.629. The van der Waals surface area contributed by atoms with Crippen LogP contribution in [0.2, 0.25) is 0 Å². The third-order valence-electron chi connectivity index (χ3n) is 5.25. The first-order valence-electron chi connectivity index (χ1n) is 10.2. The zero-order chi connectivity index (χ0) is 20.6. The fraction of sp³-hybridized carbons (Fsp3) is 0.391. The van der Waals surface area contributed by atoms with Crippen molar-refractivity contribution >= 4 is 23.2 Å². The Morgan fingerprint density at radius 1 is 0.897 bits per heavy atom. The molecule has 0 aromatic heterocycles. The van der Waals surface area contributed by atoms with Crippen molar-refractivity contribution in [1.82, 2.24) is 10.2 Å². The number of benzene rings is 2. The van der Waals surface area contributed by atoms with Gasteiger partial charge in [-0.1, -0.05) is 44.2 Å². The molecule has 0 unspecified atom stereocenters. The Kier molecular flexibility index (Phi) is 7.25. The largest absolute Gasteiger partial charge is 0.369 e. The van der Waals surface area contributed by atoms with Gasteiger partial charge in [-0.05, 0) is 35.7 Å². The number of amides is 2. The highest BCUT2D eigenvalue weighted by molar-refractivity contribution is 6.39. The van der Waals surface area contributed by atoms with E-state index < -0.39 is 11.8 Å². The van der Waals surface area contributed by atoms with Gasteiger partial charge >= 0.3 is 11.8 Å². The highest BCUT2D eigenvalue weighted by atomic mass is 16.2. The molecule has 1 heterocycles. The molecule has 154 valence electrons. The van der Waals surface area contributed by atoms with Crippen LogP contribution in [-0.2, 0) is 9.59 Å². The maximum atomic E-state index is 12.1. The van der Waals surface area contributed by atoms with Crippen LogP contribution in [0.4, 0.5) is 11.4 Å². The molecule has 0 radical (unpaired) electrons. The van der Waals surface area contributed by atoms with E-state index in [1.165, 1.54) is 11.3 Å². The SMILES string of the molecule is CC(C)c1ccc(NC(=O)C(=O)NCCN2CCN(c3ccccc3)CC2)cc1. The minimum absolute atomic E-state index is 0.428. The fourth-order valence-electron chi connectivity index (χ4n) is 3.42. The Balaban J connectivity index is 1.36. The lowest BCUT2D eigenvalue weighted by atomic mass is 10.0. The van der Waals surface area contributed by atoms with Crippen molar-refractivity contribution < 1.29 is 9.59 Å². The maximum Gasteiger partial charge on any atom is 0.313 e. The van der Waals surface area contributed by atoms with E-state index in [4.69, 9.17) is 0 Å². The molecule has 2 N–H and O–H groups in total. The number of hydrogen-bond donors (Lipinski definition) is 2. The lowest BCUT2D eigenvalue weighted by Crippen LogP contribution is -2.49. The molecule has 3 rings (SSSR count). The van der Waals surface area contributed by atoms with E-state index in [1.54, 1.807) is 0 Å². The first kappa shape index (κ1) is 20.9. The first-order chi connectivity index (χ1) is 14.0. The van der Waals surface area contributed by atoms with Crippen LogP contribution >= 0.6 is 0 Å². The second-order valence-corrected chi connectivity index (χ2v) is 7.65. The molecule has 1 saturated heterocycles. The predicted molar refractivity (Wildman–Crippen MR) is 117 cm³/mol. The van der Waals surface area contributed by atoms with Crippen LogP contribution in [0.25, 0.3) is 0 Å². The molecule has 29 heavy (non-hydrogen) atoms. The van der Waals surface area contributed by atoms with Crippen LogP contribution < -0.4 is 15.5 Å². The highest BCUT2D eigenvalue weighted by Crippen LogP contribution is 2.17. The van der Waals surface area contributed by atoms with Crippen molar-refractivity contribution in [3.8, 4) is 0 Å². The summed E-state index contributed by atoms with van der Waals surface area (Å²) in [5, 5.41) is 5.37. The molecule has 0 atom stereocenters. The second kappa shape index (κ2) is 10.1. The first-order valence-corrected chi connectivity index (χ1v) is 10.2. The molecular weight excluding hydrogens is 364 g/mol. The molecule has 0 saturated carbocycles. The zero-order valence-corrected chi connectivity index (χ0v) is 17.2. The molecule has 0 spiro atoms. The smallest absolute Gasteiger partial charge is 0.313 e. The summed E-state index contributed by atoms with van der Waals surface area (Å²) in [7, 11) is 0. The third kappa shape index (κ3) is 6.06. The quantitative estimate of drug-likeness (QED) is 0.740. The molecule has 6 heteroatoms. The number of carbonyl (C=O) groups excluding carboxylic acids is 2. The number of carbonyl (C=O) groups is 2. The number of hydrogen-bond acceptors (Lipinski definition) is 4. The number of piperazine rings is 1. The molecule has 2 aromatic carbocycles. The van der Waals surface area contributed by atoms with Gasteiger partial charge in [0.05, 0.1) is 0 Å². The van der Waals surface area contributed by atoms with Crippen molar-refractivity contribution in [2.24, 2.45) is 0 Å². The number of rotatable bonds is 6. The maximum absolute atomic E-state index is 12.1. The summed E-state index contributed by atoms with van der Waals surface area (Å²) in [5.41, 5.74) is 3.07. The van der Waals surface area contributed by atoms with E-state index >= 15 is 0 Å². The van der Waals surface area contributed by atoms with Crippen molar-refractivity contribution in [2.45, 2.75) is 19.8 Å². The molecular formula is C23H30N4O2. The molecule has 2 aromatic rings. The normalized spacial score (nSPS) is 14.7. The number of nitrogens with zero attached hydrogens (tertiary/aromatic N) is 2. The summed E-state index contributed by atoms with van der Waals surface area (Å²) in [6.45, 7) is 9.24. The van der Waals surface area contributed by atoms with Crippen LogP contribution in [0.1, 0.15) is 25.3 Å². The predicted octanol–water partition coefficient (Wildman–Crippen LogP) is 2.69. The summed E-state index contributed by atoms with van der Waals surface area (Å²) >= 11 is 0. The van der Waals surface area contributed by atoms with Crippen LogP contribution in [0.3, 0.4) is 0 Å². The average Bonchev–Trinajstić information content (AvgIpc) is 2.75. The molecule has 1 aliphatic heterocycles. The monoisotopic (exact) mass is 394 g/mol. The van der Waals surface area contributed by atoms with Crippen molar-refractivity contribution in [3.63, 3.8) is 0 Å². The molecule has 1 aliphatic rings. The Hall–Kier alpha value is -2.86. The Bertz CT molecular complexity index is 797. The van der Waals surface area contributed by atoms with E-state index in [1.807, 2.05) is 30.3 Å². The summed E-state index contributed by atoms with van der Waals surface area (Å²) in [6, 6.07) is 18.0. The van der Waals surface area contributed by atoms with E-state index in [0.717, 1.165) is 32.7 Å². The van der Waals surface area contributed by atoms with Gasteiger partial charge in [-0.15, -0.1) is 0 Å². The Morgan fingerprint density at radius 2 is 1.55 bits per heavy atom. The topological polar surface area (TPSA) is 64.7 Å². The fourth-order valence-corrected chi connectivity index (χ4v) is 3.42.